The van der Waals surface area contributed by atoms with Gasteiger partial charge < -0.3 is 16.4 Å². The van der Waals surface area contributed by atoms with Gasteiger partial charge >= 0.3 is 68.9 Å². The summed E-state index contributed by atoms with van der Waals surface area (Å²) in [5, 5.41) is 0. The van der Waals surface area contributed by atoms with Crippen molar-refractivity contribution in [2.24, 2.45) is 0 Å². The Bertz CT molecular complexity index is 397. The van der Waals surface area contributed by atoms with Gasteiger partial charge in [0.15, 0.2) is 0 Å². The molecule has 1 saturated heterocycles. The Labute approximate surface area is 181 Å². The summed E-state index contributed by atoms with van der Waals surface area (Å²) in [6, 6.07) is 10.3. The Morgan fingerprint density at radius 2 is 2.15 bits per heavy atom. The van der Waals surface area contributed by atoms with Crippen LogP contribution >= 0.6 is 0 Å². The summed E-state index contributed by atoms with van der Waals surface area (Å²) in [4.78, 5) is 2.19. The van der Waals surface area contributed by atoms with Crippen LogP contribution < -0.4 is 68.9 Å². The zero-order valence-electron chi connectivity index (χ0n) is 12.5. The van der Waals surface area contributed by atoms with Gasteiger partial charge in [-0.05, 0) is 18.7 Å². The van der Waals surface area contributed by atoms with Gasteiger partial charge in [-0.3, -0.25) is 4.90 Å². The fraction of sp³-hybridized carbons (Fsp3) is 0.438. The Kier molecular flexibility index (Phi) is 10.0. The van der Waals surface area contributed by atoms with Crippen molar-refractivity contribution in [3.8, 4) is 0 Å². The molecule has 2 rings (SSSR count). The summed E-state index contributed by atoms with van der Waals surface area (Å²) in [7, 11) is 2.07. The number of hydrogen-bond donors (Lipinski definition) is 0. The molecule has 20 heavy (non-hydrogen) atoms. The van der Waals surface area contributed by atoms with E-state index in [0.717, 1.165) is 13.0 Å². The summed E-state index contributed by atoms with van der Waals surface area (Å²) in [6.07, 6.45) is 5.19. The van der Waals surface area contributed by atoms with Crippen LogP contribution in [-0.4, -0.2) is 44.0 Å². The van der Waals surface area contributed by atoms with Crippen molar-refractivity contribution in [3.63, 3.8) is 0 Å². The van der Waals surface area contributed by atoms with Crippen LogP contribution in [-0.2, 0) is 9.47 Å². The molecule has 0 aromatic heterocycles. The molecular weight excluding hydrogens is 371 g/mol. The molecule has 1 aromatic rings. The SMILES string of the molecule is [CH2-]CCOCC1CN(C)C(/C=C/c2ccccc2)O1.[Cs+]. The number of rotatable bonds is 6. The van der Waals surface area contributed by atoms with Gasteiger partial charge in [-0.1, -0.05) is 36.4 Å². The predicted octanol–water partition coefficient (Wildman–Crippen LogP) is -0.399. The molecule has 0 amide bonds. The predicted molar refractivity (Wildman–Crippen MR) is 77.6 cm³/mol. The topological polar surface area (TPSA) is 21.7 Å². The molecule has 1 aliphatic rings. The first-order valence-electron chi connectivity index (χ1n) is 6.75. The Hall–Kier alpha value is 0.892. The van der Waals surface area contributed by atoms with Gasteiger partial charge in [-0.15, -0.1) is 0 Å². The van der Waals surface area contributed by atoms with Crippen molar-refractivity contribution < 1.29 is 78.4 Å². The number of hydrogen-bond acceptors (Lipinski definition) is 3. The van der Waals surface area contributed by atoms with Crippen molar-refractivity contribution in [2.45, 2.75) is 18.8 Å². The second-order valence-corrected chi connectivity index (χ2v) is 4.79. The van der Waals surface area contributed by atoms with Crippen LogP contribution in [0, 0.1) is 6.92 Å². The van der Waals surface area contributed by atoms with E-state index in [0.29, 0.717) is 13.2 Å². The number of nitrogens with zero attached hydrogens (tertiary/aromatic N) is 1. The average molecular weight is 393 g/mol. The standard InChI is InChI=1S/C16H22NO2.Cs/c1-3-11-18-13-15-12-17(2)16(19-15)10-9-14-7-5-4-6-8-14;/h4-10,15-16H,1,3,11-13H2,2H3;/q-1;+1/b10-9+;. The molecular formula is C16H22CsNO2. The van der Waals surface area contributed by atoms with Crippen LogP contribution in [0.3, 0.4) is 0 Å². The summed E-state index contributed by atoms with van der Waals surface area (Å²) < 4.78 is 11.4. The smallest absolute Gasteiger partial charge is 0.381 e. The van der Waals surface area contributed by atoms with E-state index in [2.05, 4.69) is 43.2 Å². The molecule has 3 nitrogen and oxygen atoms in total. The minimum absolute atomic E-state index is 0. The molecule has 1 heterocycles. The second-order valence-electron chi connectivity index (χ2n) is 4.79. The molecule has 2 atom stereocenters. The quantitative estimate of drug-likeness (QED) is 0.485. The third-order valence-electron chi connectivity index (χ3n) is 3.10. The van der Waals surface area contributed by atoms with Crippen LogP contribution in [0.5, 0.6) is 0 Å². The van der Waals surface area contributed by atoms with Gasteiger partial charge in [-0.2, -0.15) is 6.42 Å². The first-order valence-corrected chi connectivity index (χ1v) is 6.75. The molecule has 4 heteroatoms. The van der Waals surface area contributed by atoms with Crippen molar-refractivity contribution in [2.75, 3.05) is 26.8 Å². The third-order valence-corrected chi connectivity index (χ3v) is 3.10. The van der Waals surface area contributed by atoms with Gasteiger partial charge in [0, 0.05) is 13.2 Å². The Morgan fingerprint density at radius 3 is 2.85 bits per heavy atom. The maximum Gasteiger partial charge on any atom is 1.00 e. The van der Waals surface area contributed by atoms with Gasteiger partial charge in [-0.25, -0.2) is 0 Å². The second kappa shape index (κ2) is 10.6. The molecule has 0 radical (unpaired) electrons. The average Bonchev–Trinajstić information content (AvgIpc) is 2.78. The first-order chi connectivity index (χ1) is 9.29. The van der Waals surface area contributed by atoms with E-state index in [9.17, 15) is 0 Å². The van der Waals surface area contributed by atoms with Crippen molar-refractivity contribution in [1.82, 2.24) is 4.90 Å². The number of ether oxygens (including phenoxy) is 2. The van der Waals surface area contributed by atoms with Gasteiger partial charge in [0.05, 0.1) is 12.7 Å². The maximum atomic E-state index is 5.94. The summed E-state index contributed by atoms with van der Waals surface area (Å²) in [5.74, 6) is 0. The van der Waals surface area contributed by atoms with E-state index in [1.165, 1.54) is 5.56 Å². The fourth-order valence-electron chi connectivity index (χ4n) is 2.13. The van der Waals surface area contributed by atoms with Crippen LogP contribution in [0.25, 0.3) is 6.08 Å². The molecule has 0 bridgehead atoms. The summed E-state index contributed by atoms with van der Waals surface area (Å²) in [6.45, 7) is 6.01. The molecule has 1 aliphatic heterocycles. The van der Waals surface area contributed by atoms with E-state index >= 15 is 0 Å². The normalized spacial score (nSPS) is 23.1. The summed E-state index contributed by atoms with van der Waals surface area (Å²) in [5.41, 5.74) is 1.19. The minimum Gasteiger partial charge on any atom is -0.381 e. The molecule has 0 spiro atoms. The van der Waals surface area contributed by atoms with E-state index in [-0.39, 0.29) is 81.2 Å². The molecule has 0 saturated carbocycles. The minimum atomic E-state index is 0. The fourth-order valence-corrected chi connectivity index (χ4v) is 2.13. The molecule has 1 fully saturated rings. The number of likely N-dealkylation sites (N-methyl/N-ethyl adjacent to an activating group) is 1. The molecule has 0 N–H and O–H groups in total. The maximum absolute atomic E-state index is 5.94. The van der Waals surface area contributed by atoms with Gasteiger partial charge in [0.2, 0.25) is 0 Å². The zero-order valence-corrected chi connectivity index (χ0v) is 18.8. The van der Waals surface area contributed by atoms with Crippen molar-refractivity contribution in [3.05, 3.63) is 48.9 Å². The Morgan fingerprint density at radius 1 is 1.40 bits per heavy atom. The number of benzene rings is 1. The van der Waals surface area contributed by atoms with Crippen molar-refractivity contribution >= 4 is 6.08 Å². The first kappa shape index (κ1) is 18.9. The van der Waals surface area contributed by atoms with E-state index in [4.69, 9.17) is 9.47 Å². The van der Waals surface area contributed by atoms with E-state index < -0.39 is 0 Å². The van der Waals surface area contributed by atoms with E-state index in [1.807, 2.05) is 18.2 Å². The summed E-state index contributed by atoms with van der Waals surface area (Å²) >= 11 is 0. The largest absolute Gasteiger partial charge is 1.00 e. The van der Waals surface area contributed by atoms with Gasteiger partial charge in [0.25, 0.3) is 0 Å². The van der Waals surface area contributed by atoms with Crippen LogP contribution in [0.1, 0.15) is 12.0 Å². The molecule has 104 valence electrons. The Balaban J connectivity index is 0.00000200. The third kappa shape index (κ3) is 6.34. The van der Waals surface area contributed by atoms with Crippen LogP contribution in [0.2, 0.25) is 0 Å². The zero-order chi connectivity index (χ0) is 13.5. The van der Waals surface area contributed by atoms with E-state index in [1.54, 1.807) is 0 Å². The molecule has 1 aromatic carbocycles. The van der Waals surface area contributed by atoms with Crippen LogP contribution in [0.15, 0.2) is 36.4 Å². The molecule has 0 aliphatic carbocycles. The van der Waals surface area contributed by atoms with Crippen molar-refractivity contribution in [1.29, 1.82) is 0 Å². The monoisotopic (exact) mass is 393 g/mol. The van der Waals surface area contributed by atoms with Gasteiger partial charge in [0.1, 0.15) is 6.23 Å². The van der Waals surface area contributed by atoms with Crippen LogP contribution in [0.4, 0.5) is 0 Å². The molecule has 2 unspecified atom stereocenters.